The van der Waals surface area contributed by atoms with Crippen molar-refractivity contribution in [1.29, 1.82) is 0 Å². The van der Waals surface area contributed by atoms with Crippen molar-refractivity contribution in [2.45, 2.75) is 92.4 Å². The van der Waals surface area contributed by atoms with Crippen molar-refractivity contribution in [3.05, 3.63) is 69.3 Å². The van der Waals surface area contributed by atoms with Gasteiger partial charge in [0, 0.05) is 51.7 Å². The van der Waals surface area contributed by atoms with Gasteiger partial charge in [0.1, 0.15) is 0 Å². The van der Waals surface area contributed by atoms with E-state index in [1.165, 1.54) is 27.8 Å². The minimum Gasteiger partial charge on any atom is -0.481 e. The van der Waals surface area contributed by atoms with Gasteiger partial charge in [-0.3, -0.25) is 9.78 Å². The van der Waals surface area contributed by atoms with Crippen molar-refractivity contribution in [2.75, 3.05) is 0 Å². The third kappa shape index (κ3) is 4.81. The highest BCUT2D eigenvalue weighted by Crippen LogP contribution is 2.42. The largest absolute Gasteiger partial charge is 0.481 e. The molecule has 0 aromatic carbocycles. The van der Waals surface area contributed by atoms with E-state index in [4.69, 9.17) is 9.97 Å². The van der Waals surface area contributed by atoms with Gasteiger partial charge in [0.25, 0.3) is 0 Å². The SMILES string of the molecule is CCC1=C(C)c2cc3[nH]c(cc4nc(c(C)c5cc(C)c(cc1n2)[nH]5)C(CCCC(=O)O)[C@@H]4C)c(C)c3CC. The molecule has 6 heteroatoms. The molecule has 3 N–H and O–H groups in total. The van der Waals surface area contributed by atoms with Crippen molar-refractivity contribution in [3.8, 4) is 0 Å². The Kier molecular flexibility index (Phi) is 7.23. The number of aliphatic carboxylic acids is 1. The van der Waals surface area contributed by atoms with Gasteiger partial charge >= 0.3 is 5.97 Å². The third-order valence-electron chi connectivity index (χ3n) is 8.82. The van der Waals surface area contributed by atoms with E-state index in [-0.39, 0.29) is 18.3 Å². The van der Waals surface area contributed by atoms with Crippen LogP contribution in [0.1, 0.15) is 110 Å². The fourth-order valence-corrected chi connectivity index (χ4v) is 6.37. The van der Waals surface area contributed by atoms with Gasteiger partial charge in [0.05, 0.1) is 11.4 Å². The number of carboxylic acids is 1. The molecule has 3 aromatic heterocycles. The summed E-state index contributed by atoms with van der Waals surface area (Å²) in [6, 6.07) is 8.80. The first kappa shape index (κ1) is 26.9. The number of rotatable bonds is 6. The van der Waals surface area contributed by atoms with E-state index in [1.807, 2.05) is 0 Å². The molecule has 0 saturated heterocycles. The van der Waals surface area contributed by atoms with Crippen molar-refractivity contribution in [2.24, 2.45) is 0 Å². The Morgan fingerprint density at radius 3 is 2.26 bits per heavy atom. The minimum absolute atomic E-state index is 0.169. The van der Waals surface area contributed by atoms with E-state index < -0.39 is 5.97 Å². The summed E-state index contributed by atoms with van der Waals surface area (Å²) in [6.45, 7) is 15.3. The topological polar surface area (TPSA) is 94.7 Å². The number of fused-ring (bicyclic) bond motifs is 8. The predicted molar refractivity (Wildman–Crippen MR) is 160 cm³/mol. The van der Waals surface area contributed by atoms with Crippen molar-refractivity contribution in [3.63, 3.8) is 0 Å². The zero-order valence-corrected chi connectivity index (χ0v) is 24.2. The molecule has 5 rings (SSSR count). The second-order valence-electron chi connectivity index (χ2n) is 11.2. The molecule has 0 fully saturated rings. The van der Waals surface area contributed by atoms with Crippen LogP contribution in [-0.4, -0.2) is 31.0 Å². The summed E-state index contributed by atoms with van der Waals surface area (Å²) < 4.78 is 0. The lowest BCUT2D eigenvalue weighted by Crippen LogP contribution is -2.05. The Labute approximate surface area is 230 Å². The van der Waals surface area contributed by atoms with E-state index in [1.54, 1.807) is 0 Å². The summed E-state index contributed by atoms with van der Waals surface area (Å²) in [5.41, 5.74) is 15.8. The molecule has 0 saturated carbocycles. The maximum absolute atomic E-state index is 11.3. The number of nitrogens with one attached hydrogen (secondary N) is 2. The van der Waals surface area contributed by atoms with Gasteiger partial charge in [0.2, 0.25) is 0 Å². The van der Waals surface area contributed by atoms with Crippen LogP contribution in [0.3, 0.4) is 0 Å². The van der Waals surface area contributed by atoms with Gasteiger partial charge < -0.3 is 15.1 Å². The fourth-order valence-electron chi connectivity index (χ4n) is 6.37. The molecule has 0 radical (unpaired) electrons. The number of aromatic nitrogens is 4. The molecular weight excluding hydrogens is 484 g/mol. The van der Waals surface area contributed by atoms with Crippen LogP contribution in [0.2, 0.25) is 0 Å². The first-order valence-corrected chi connectivity index (χ1v) is 14.3. The molecule has 2 aliphatic rings. The van der Waals surface area contributed by atoms with Gasteiger partial charge in [0.15, 0.2) is 0 Å². The number of carboxylic acid groups (broad SMARTS) is 1. The van der Waals surface area contributed by atoms with Gasteiger partial charge in [-0.1, -0.05) is 20.8 Å². The lowest BCUT2D eigenvalue weighted by atomic mass is 9.85. The third-order valence-corrected chi connectivity index (χ3v) is 8.82. The first-order valence-electron chi connectivity index (χ1n) is 14.3. The number of allylic oxidation sites excluding steroid dienone is 2. The number of aromatic amines is 2. The van der Waals surface area contributed by atoms with Gasteiger partial charge in [-0.05, 0) is 111 Å². The smallest absolute Gasteiger partial charge is 0.303 e. The Morgan fingerprint density at radius 2 is 1.56 bits per heavy atom. The van der Waals surface area contributed by atoms with Crippen LogP contribution in [0.4, 0.5) is 0 Å². The molecule has 1 unspecified atom stereocenters. The van der Waals surface area contributed by atoms with Crippen molar-refractivity contribution >= 4 is 39.2 Å². The average molecular weight is 525 g/mol. The highest BCUT2D eigenvalue weighted by atomic mass is 16.4. The van der Waals surface area contributed by atoms with Crippen LogP contribution >= 0.6 is 0 Å². The van der Waals surface area contributed by atoms with E-state index in [2.05, 4.69) is 82.7 Å². The fraction of sp³-hybridized carbons (Fsp3) is 0.424. The summed E-state index contributed by atoms with van der Waals surface area (Å²) in [5, 5.41) is 9.27. The zero-order valence-electron chi connectivity index (χ0n) is 24.2. The maximum Gasteiger partial charge on any atom is 0.303 e. The molecule has 39 heavy (non-hydrogen) atoms. The Bertz CT molecular complexity index is 1650. The molecule has 0 spiro atoms. The Hall–Kier alpha value is -3.67. The van der Waals surface area contributed by atoms with Crippen LogP contribution in [0.25, 0.3) is 33.2 Å². The first-order chi connectivity index (χ1) is 18.6. The zero-order chi connectivity index (χ0) is 28.0. The number of nitrogens with zero attached hydrogens (tertiary/aromatic N) is 2. The summed E-state index contributed by atoms with van der Waals surface area (Å²) >= 11 is 0. The molecule has 2 atom stereocenters. The number of carbonyl (C=O) groups is 1. The van der Waals surface area contributed by atoms with E-state index in [9.17, 15) is 9.90 Å². The van der Waals surface area contributed by atoms with E-state index in [0.717, 1.165) is 69.7 Å². The van der Waals surface area contributed by atoms with Crippen LogP contribution in [0.5, 0.6) is 0 Å². The summed E-state index contributed by atoms with van der Waals surface area (Å²) in [6.07, 6.45) is 3.46. The van der Waals surface area contributed by atoms with Gasteiger partial charge in [-0.2, -0.15) is 0 Å². The Balaban J connectivity index is 1.86. The van der Waals surface area contributed by atoms with Gasteiger partial charge in [-0.15, -0.1) is 0 Å². The molecule has 204 valence electrons. The van der Waals surface area contributed by atoms with E-state index in [0.29, 0.717) is 6.42 Å². The molecular formula is C33H40N4O2. The summed E-state index contributed by atoms with van der Waals surface area (Å²) in [4.78, 5) is 29.0. The molecule has 2 aliphatic heterocycles. The monoisotopic (exact) mass is 524 g/mol. The highest BCUT2D eigenvalue weighted by Gasteiger charge is 2.30. The molecule has 0 amide bonds. The lowest BCUT2D eigenvalue weighted by molar-refractivity contribution is -0.137. The molecule has 8 bridgehead atoms. The highest BCUT2D eigenvalue weighted by molar-refractivity contribution is 5.92. The maximum atomic E-state index is 11.3. The van der Waals surface area contributed by atoms with Crippen molar-refractivity contribution < 1.29 is 9.90 Å². The number of aryl methyl sites for hydroxylation is 4. The van der Waals surface area contributed by atoms with Crippen LogP contribution < -0.4 is 0 Å². The number of hydrogen-bond acceptors (Lipinski definition) is 3. The standard InChI is InChI=1S/C33H40N4O2/c1-8-22-19(5)28-16-31-23(9-2)18(4)27(35-31)15-29-20(6)24(11-10-12-32(38)39)33(37-29)21(7)26-13-17(3)25(34-26)14-30(22)36-28/h13-16,20,24,34-35H,8-12H2,1-7H3,(H,38,39)/t20-,24?/m0/s1. The van der Waals surface area contributed by atoms with Gasteiger partial charge in [-0.25, -0.2) is 4.98 Å². The summed E-state index contributed by atoms with van der Waals surface area (Å²) in [7, 11) is 0. The summed E-state index contributed by atoms with van der Waals surface area (Å²) in [5.74, 6) is -0.387. The molecule has 3 aromatic rings. The minimum atomic E-state index is -0.745. The van der Waals surface area contributed by atoms with Crippen molar-refractivity contribution in [1.82, 2.24) is 19.9 Å². The second kappa shape index (κ2) is 10.5. The predicted octanol–water partition coefficient (Wildman–Crippen LogP) is 8.29. The van der Waals surface area contributed by atoms with Crippen LogP contribution in [0, 0.1) is 20.8 Å². The normalized spacial score (nSPS) is 17.2. The average Bonchev–Trinajstić information content (AvgIpc) is 3.59. The number of H-pyrrole nitrogens is 2. The lowest BCUT2D eigenvalue weighted by Gasteiger charge is -2.16. The molecule has 0 aliphatic carbocycles. The second-order valence-corrected chi connectivity index (χ2v) is 11.2. The van der Waals surface area contributed by atoms with E-state index >= 15 is 0 Å². The Morgan fingerprint density at radius 1 is 0.872 bits per heavy atom. The van der Waals surface area contributed by atoms with Crippen LogP contribution in [-0.2, 0) is 11.2 Å². The molecule has 6 nitrogen and oxygen atoms in total. The quantitative estimate of drug-likeness (QED) is 0.302. The number of hydrogen-bond donors (Lipinski definition) is 3. The van der Waals surface area contributed by atoms with Crippen LogP contribution in [0.15, 0.2) is 24.3 Å². The molecule has 5 heterocycles.